The molecule has 0 radical (unpaired) electrons. The molecule has 76 valence electrons. The van der Waals surface area contributed by atoms with Crippen molar-refractivity contribution in [1.29, 1.82) is 0 Å². The summed E-state index contributed by atoms with van der Waals surface area (Å²) >= 11 is 2.03. The summed E-state index contributed by atoms with van der Waals surface area (Å²) in [4.78, 5) is 0. The molecular formula is C12H17NS. The molecule has 0 aliphatic carbocycles. The van der Waals surface area contributed by atoms with Crippen molar-refractivity contribution in [3.05, 3.63) is 35.4 Å². The third-order valence-corrected chi connectivity index (χ3v) is 4.17. The summed E-state index contributed by atoms with van der Waals surface area (Å²) in [6.07, 6.45) is 1.09. The van der Waals surface area contributed by atoms with E-state index in [-0.39, 0.29) is 6.04 Å². The Hall–Kier alpha value is -0.470. The van der Waals surface area contributed by atoms with Crippen LogP contribution < -0.4 is 5.73 Å². The van der Waals surface area contributed by atoms with Gasteiger partial charge in [0, 0.05) is 16.5 Å². The monoisotopic (exact) mass is 207 g/mol. The second-order valence-corrected chi connectivity index (χ2v) is 5.84. The number of rotatable bonds is 0. The minimum Gasteiger partial charge on any atom is -0.324 e. The van der Waals surface area contributed by atoms with Gasteiger partial charge in [-0.3, -0.25) is 0 Å². The van der Waals surface area contributed by atoms with Crippen LogP contribution in [0.1, 0.15) is 42.7 Å². The largest absolute Gasteiger partial charge is 0.324 e. The molecule has 1 aromatic rings. The van der Waals surface area contributed by atoms with Crippen LogP contribution in [-0.4, -0.2) is 5.25 Å². The molecule has 0 spiro atoms. The molecule has 14 heavy (non-hydrogen) atoms. The minimum atomic E-state index is 0.221. The van der Waals surface area contributed by atoms with Crippen LogP contribution in [0.2, 0.25) is 0 Å². The van der Waals surface area contributed by atoms with E-state index in [0.717, 1.165) is 6.42 Å². The van der Waals surface area contributed by atoms with Gasteiger partial charge in [0.1, 0.15) is 0 Å². The van der Waals surface area contributed by atoms with Crippen molar-refractivity contribution >= 4 is 11.8 Å². The molecule has 2 N–H and O–H groups in total. The molecule has 0 bridgehead atoms. The van der Waals surface area contributed by atoms with Crippen LogP contribution in [0.5, 0.6) is 0 Å². The highest BCUT2D eigenvalue weighted by Gasteiger charge is 2.23. The van der Waals surface area contributed by atoms with E-state index in [2.05, 4.69) is 38.1 Å². The third kappa shape index (κ3) is 1.82. The molecule has 3 atom stereocenters. The van der Waals surface area contributed by atoms with E-state index < -0.39 is 0 Å². The summed E-state index contributed by atoms with van der Waals surface area (Å²) in [6, 6.07) is 8.81. The second-order valence-electron chi connectivity index (χ2n) is 4.06. The summed E-state index contributed by atoms with van der Waals surface area (Å²) < 4.78 is 0. The van der Waals surface area contributed by atoms with Gasteiger partial charge in [-0.15, -0.1) is 0 Å². The van der Waals surface area contributed by atoms with E-state index >= 15 is 0 Å². The number of hydrogen-bond acceptors (Lipinski definition) is 2. The Morgan fingerprint density at radius 2 is 1.86 bits per heavy atom. The maximum atomic E-state index is 6.19. The number of benzene rings is 1. The van der Waals surface area contributed by atoms with Crippen molar-refractivity contribution in [3.63, 3.8) is 0 Å². The first kappa shape index (κ1) is 10.1. The average molecular weight is 207 g/mol. The molecule has 0 fully saturated rings. The zero-order chi connectivity index (χ0) is 10.1. The van der Waals surface area contributed by atoms with E-state index in [1.165, 1.54) is 11.1 Å². The summed E-state index contributed by atoms with van der Waals surface area (Å²) in [5.74, 6) is 0. The third-order valence-electron chi connectivity index (χ3n) is 2.86. The van der Waals surface area contributed by atoms with Gasteiger partial charge >= 0.3 is 0 Å². The van der Waals surface area contributed by atoms with Crippen LogP contribution in [0.3, 0.4) is 0 Å². The van der Waals surface area contributed by atoms with Crippen molar-refractivity contribution in [2.45, 2.75) is 36.8 Å². The van der Waals surface area contributed by atoms with Gasteiger partial charge in [0.05, 0.1) is 0 Å². The fraction of sp³-hybridized carbons (Fsp3) is 0.500. The highest BCUT2D eigenvalue weighted by molar-refractivity contribution is 8.00. The van der Waals surface area contributed by atoms with Gasteiger partial charge in [-0.1, -0.05) is 31.2 Å². The molecule has 2 heteroatoms. The number of thioether (sulfide) groups is 1. The summed E-state index contributed by atoms with van der Waals surface area (Å²) in [6.45, 7) is 4.55. The highest BCUT2D eigenvalue weighted by Crippen LogP contribution is 2.41. The molecular weight excluding hydrogens is 190 g/mol. The Balaban J connectivity index is 2.42. The Morgan fingerprint density at radius 3 is 2.57 bits per heavy atom. The molecule has 2 rings (SSSR count). The van der Waals surface area contributed by atoms with Crippen LogP contribution in [0, 0.1) is 0 Å². The van der Waals surface area contributed by atoms with E-state index in [1.807, 2.05) is 11.8 Å². The lowest BCUT2D eigenvalue weighted by Crippen LogP contribution is -2.13. The number of fused-ring (bicyclic) bond motifs is 1. The van der Waals surface area contributed by atoms with Crippen molar-refractivity contribution < 1.29 is 0 Å². The van der Waals surface area contributed by atoms with Crippen LogP contribution in [0.4, 0.5) is 0 Å². The lowest BCUT2D eigenvalue weighted by Gasteiger charge is -2.14. The lowest BCUT2D eigenvalue weighted by molar-refractivity contribution is 0.651. The maximum Gasteiger partial charge on any atom is 0.0308 e. The van der Waals surface area contributed by atoms with E-state index in [0.29, 0.717) is 10.5 Å². The van der Waals surface area contributed by atoms with Crippen molar-refractivity contribution in [1.82, 2.24) is 0 Å². The SMILES string of the molecule is CC1C[C@H](N)c2ccccc2C(C)S1. The number of hydrogen-bond donors (Lipinski definition) is 1. The van der Waals surface area contributed by atoms with Crippen molar-refractivity contribution in [2.24, 2.45) is 5.73 Å². The van der Waals surface area contributed by atoms with Gasteiger partial charge in [0.2, 0.25) is 0 Å². The Kier molecular flexibility index (Phi) is 2.84. The maximum absolute atomic E-state index is 6.19. The normalized spacial score (nSPS) is 32.1. The first-order valence-corrected chi connectivity index (χ1v) is 6.12. The zero-order valence-electron chi connectivity index (χ0n) is 8.73. The summed E-state index contributed by atoms with van der Waals surface area (Å²) in [5.41, 5.74) is 8.96. The molecule has 1 heterocycles. The Bertz CT molecular complexity index is 293. The summed E-state index contributed by atoms with van der Waals surface area (Å²) in [7, 11) is 0. The van der Waals surface area contributed by atoms with E-state index in [4.69, 9.17) is 5.73 Å². The van der Waals surface area contributed by atoms with Gasteiger partial charge < -0.3 is 5.73 Å². The van der Waals surface area contributed by atoms with E-state index in [1.54, 1.807) is 0 Å². The van der Waals surface area contributed by atoms with Crippen LogP contribution >= 0.6 is 11.8 Å². The van der Waals surface area contributed by atoms with E-state index in [9.17, 15) is 0 Å². The molecule has 1 aliphatic heterocycles. The molecule has 2 unspecified atom stereocenters. The zero-order valence-corrected chi connectivity index (χ0v) is 9.55. The Morgan fingerprint density at radius 1 is 1.21 bits per heavy atom. The van der Waals surface area contributed by atoms with Gasteiger partial charge in [0.25, 0.3) is 0 Å². The van der Waals surface area contributed by atoms with Gasteiger partial charge in [-0.2, -0.15) is 11.8 Å². The summed E-state index contributed by atoms with van der Waals surface area (Å²) in [5, 5.41) is 1.24. The van der Waals surface area contributed by atoms with Crippen molar-refractivity contribution in [2.75, 3.05) is 0 Å². The van der Waals surface area contributed by atoms with Crippen molar-refractivity contribution in [3.8, 4) is 0 Å². The van der Waals surface area contributed by atoms with Crippen LogP contribution in [0.25, 0.3) is 0 Å². The lowest BCUT2D eigenvalue weighted by atomic mass is 9.96. The molecule has 1 aromatic carbocycles. The predicted molar refractivity (Wildman–Crippen MR) is 63.5 cm³/mol. The molecule has 0 aromatic heterocycles. The van der Waals surface area contributed by atoms with Crippen LogP contribution in [0.15, 0.2) is 24.3 Å². The molecule has 0 saturated carbocycles. The highest BCUT2D eigenvalue weighted by atomic mass is 32.2. The van der Waals surface area contributed by atoms with Gasteiger partial charge in [-0.25, -0.2) is 0 Å². The first-order valence-electron chi connectivity index (χ1n) is 5.18. The average Bonchev–Trinajstić information content (AvgIpc) is 2.26. The van der Waals surface area contributed by atoms with Crippen LogP contribution in [-0.2, 0) is 0 Å². The molecule has 1 nitrogen and oxygen atoms in total. The first-order chi connectivity index (χ1) is 6.68. The predicted octanol–water partition coefficient (Wildman–Crippen LogP) is 3.27. The molecule has 1 aliphatic rings. The minimum absolute atomic E-state index is 0.221. The van der Waals surface area contributed by atoms with Gasteiger partial charge in [0.15, 0.2) is 0 Å². The quantitative estimate of drug-likeness (QED) is 0.706. The molecule has 0 saturated heterocycles. The number of nitrogens with two attached hydrogens (primary N) is 1. The van der Waals surface area contributed by atoms with Gasteiger partial charge in [-0.05, 0) is 24.5 Å². The second kappa shape index (κ2) is 3.95. The fourth-order valence-electron chi connectivity index (χ4n) is 2.18. The Labute approximate surface area is 90.1 Å². The smallest absolute Gasteiger partial charge is 0.0308 e. The molecule has 0 amide bonds. The standard InChI is InChI=1S/C12H17NS/c1-8-7-12(13)11-6-4-3-5-10(11)9(2)14-8/h3-6,8-9,12H,7,13H2,1-2H3/t8?,9?,12-/m0/s1. The topological polar surface area (TPSA) is 26.0 Å². The fourth-order valence-corrected chi connectivity index (χ4v) is 3.56.